The summed E-state index contributed by atoms with van der Waals surface area (Å²) in [6, 6.07) is 25.2. The smallest absolute Gasteiger partial charge is 0.343 e. The standard InChI is InChI=1S/C27H19BrClN3O5S/c28-20-5-3-4-19(16-20)27(34)37-22-12-8-18(9-13-22)17-30-31-26(33)24-6-1-2-7-25(24)32-38(35,36)23-14-10-21(29)11-15-23/h1-17,32H,(H,31,33)/b30-17-. The van der Waals surface area contributed by atoms with Gasteiger partial charge in [-0.05, 0) is 84.4 Å². The summed E-state index contributed by atoms with van der Waals surface area (Å²) >= 11 is 9.15. The fourth-order valence-electron chi connectivity index (χ4n) is 3.22. The number of benzene rings is 4. The number of nitrogens with zero attached hydrogens (tertiary/aromatic N) is 1. The van der Waals surface area contributed by atoms with Crippen molar-refractivity contribution in [3.05, 3.63) is 123 Å². The Kier molecular flexibility index (Phi) is 8.57. The van der Waals surface area contributed by atoms with Gasteiger partial charge in [-0.3, -0.25) is 9.52 Å². The average Bonchev–Trinajstić information content (AvgIpc) is 2.90. The summed E-state index contributed by atoms with van der Waals surface area (Å²) in [5.74, 6) is -0.765. The summed E-state index contributed by atoms with van der Waals surface area (Å²) in [6.45, 7) is 0. The highest BCUT2D eigenvalue weighted by atomic mass is 79.9. The summed E-state index contributed by atoms with van der Waals surface area (Å²) in [4.78, 5) is 25.0. The van der Waals surface area contributed by atoms with Crippen molar-refractivity contribution in [1.29, 1.82) is 0 Å². The Labute approximate surface area is 232 Å². The molecule has 0 aliphatic heterocycles. The molecule has 11 heteroatoms. The zero-order chi connectivity index (χ0) is 27.1. The first-order valence-corrected chi connectivity index (χ1v) is 13.7. The van der Waals surface area contributed by atoms with Gasteiger partial charge in [0.05, 0.1) is 27.9 Å². The van der Waals surface area contributed by atoms with Crippen LogP contribution < -0.4 is 14.9 Å². The van der Waals surface area contributed by atoms with E-state index in [4.69, 9.17) is 16.3 Å². The lowest BCUT2D eigenvalue weighted by atomic mass is 10.2. The van der Waals surface area contributed by atoms with Crippen molar-refractivity contribution in [2.24, 2.45) is 5.10 Å². The second-order valence-corrected chi connectivity index (χ2v) is 10.8. The maximum Gasteiger partial charge on any atom is 0.343 e. The number of rotatable bonds is 8. The highest BCUT2D eigenvalue weighted by molar-refractivity contribution is 9.10. The fraction of sp³-hybridized carbons (Fsp3) is 0. The van der Waals surface area contributed by atoms with Gasteiger partial charge in [0.15, 0.2) is 0 Å². The van der Waals surface area contributed by atoms with Gasteiger partial charge in [-0.2, -0.15) is 5.10 Å². The summed E-state index contributed by atoms with van der Waals surface area (Å²) in [5.41, 5.74) is 3.59. The van der Waals surface area contributed by atoms with Crippen molar-refractivity contribution in [3.63, 3.8) is 0 Å². The normalized spacial score (nSPS) is 11.2. The second-order valence-electron chi connectivity index (χ2n) is 7.77. The van der Waals surface area contributed by atoms with Gasteiger partial charge in [0.1, 0.15) is 5.75 Å². The van der Waals surface area contributed by atoms with Crippen LogP contribution in [0.4, 0.5) is 5.69 Å². The molecule has 0 spiro atoms. The molecule has 0 aliphatic rings. The summed E-state index contributed by atoms with van der Waals surface area (Å²) in [7, 11) is -3.95. The van der Waals surface area contributed by atoms with E-state index in [9.17, 15) is 18.0 Å². The minimum absolute atomic E-state index is 0.000831. The van der Waals surface area contributed by atoms with Gasteiger partial charge in [0.2, 0.25) is 0 Å². The Bertz CT molecular complexity index is 1610. The van der Waals surface area contributed by atoms with E-state index in [1.54, 1.807) is 54.6 Å². The lowest BCUT2D eigenvalue weighted by molar-refractivity contribution is 0.0734. The SMILES string of the molecule is O=C(Oc1ccc(/C=N\NC(=O)c2ccccc2NS(=O)(=O)c2ccc(Cl)cc2)cc1)c1cccc(Br)c1. The van der Waals surface area contributed by atoms with E-state index in [1.165, 1.54) is 42.6 Å². The van der Waals surface area contributed by atoms with Crippen LogP contribution in [-0.4, -0.2) is 26.5 Å². The van der Waals surface area contributed by atoms with Crippen molar-refractivity contribution < 1.29 is 22.7 Å². The number of hydrogen-bond acceptors (Lipinski definition) is 6. The third-order valence-corrected chi connectivity index (χ3v) is 7.20. The van der Waals surface area contributed by atoms with Crippen LogP contribution in [0.5, 0.6) is 5.75 Å². The maximum atomic E-state index is 12.7. The number of sulfonamides is 1. The van der Waals surface area contributed by atoms with E-state index in [0.29, 0.717) is 21.9 Å². The van der Waals surface area contributed by atoms with E-state index in [2.05, 4.69) is 31.2 Å². The summed E-state index contributed by atoms with van der Waals surface area (Å²) < 4.78 is 34.0. The topological polar surface area (TPSA) is 114 Å². The van der Waals surface area contributed by atoms with E-state index in [0.717, 1.165) is 4.47 Å². The van der Waals surface area contributed by atoms with Crippen molar-refractivity contribution in [2.45, 2.75) is 4.90 Å². The quantitative estimate of drug-likeness (QED) is 0.112. The molecule has 0 aliphatic carbocycles. The number of hydrazone groups is 1. The molecule has 192 valence electrons. The molecule has 0 atom stereocenters. The van der Waals surface area contributed by atoms with Crippen LogP contribution in [0.15, 0.2) is 112 Å². The number of para-hydroxylation sites is 1. The van der Waals surface area contributed by atoms with Crippen molar-refractivity contribution in [3.8, 4) is 5.75 Å². The van der Waals surface area contributed by atoms with Gasteiger partial charge in [-0.25, -0.2) is 18.6 Å². The summed E-state index contributed by atoms with van der Waals surface area (Å²) in [5, 5.41) is 4.34. The van der Waals surface area contributed by atoms with E-state index in [-0.39, 0.29) is 16.1 Å². The molecule has 0 saturated carbocycles. The number of amides is 1. The van der Waals surface area contributed by atoms with E-state index in [1.807, 2.05) is 6.07 Å². The minimum Gasteiger partial charge on any atom is -0.423 e. The predicted octanol–water partition coefficient (Wildman–Crippen LogP) is 5.89. The number of esters is 1. The lowest BCUT2D eigenvalue weighted by Gasteiger charge is -2.11. The molecule has 4 aromatic rings. The number of nitrogens with one attached hydrogen (secondary N) is 2. The molecular formula is C27H19BrClN3O5S. The minimum atomic E-state index is -3.95. The molecule has 0 bridgehead atoms. The molecular weight excluding hydrogens is 594 g/mol. The van der Waals surface area contributed by atoms with Gasteiger partial charge in [0.25, 0.3) is 15.9 Å². The molecule has 0 saturated heterocycles. The van der Waals surface area contributed by atoms with Crippen molar-refractivity contribution in [2.75, 3.05) is 4.72 Å². The van der Waals surface area contributed by atoms with Crippen LogP contribution in [0.3, 0.4) is 0 Å². The summed E-state index contributed by atoms with van der Waals surface area (Å²) in [6.07, 6.45) is 1.40. The predicted molar refractivity (Wildman–Crippen MR) is 149 cm³/mol. The van der Waals surface area contributed by atoms with Crippen LogP contribution in [-0.2, 0) is 10.0 Å². The second kappa shape index (κ2) is 12.0. The number of carbonyl (C=O) groups excluding carboxylic acids is 2. The van der Waals surface area contributed by atoms with Crippen LogP contribution in [0.1, 0.15) is 26.3 Å². The van der Waals surface area contributed by atoms with Gasteiger partial charge in [-0.1, -0.05) is 45.7 Å². The fourth-order valence-corrected chi connectivity index (χ4v) is 4.82. The van der Waals surface area contributed by atoms with Crippen LogP contribution in [0.25, 0.3) is 0 Å². The van der Waals surface area contributed by atoms with Gasteiger partial charge in [0, 0.05) is 9.50 Å². The monoisotopic (exact) mass is 611 g/mol. The van der Waals surface area contributed by atoms with Crippen molar-refractivity contribution >= 4 is 61.3 Å². The molecule has 2 N–H and O–H groups in total. The largest absolute Gasteiger partial charge is 0.423 e. The lowest BCUT2D eigenvalue weighted by Crippen LogP contribution is -2.21. The number of anilines is 1. The Morgan fingerprint density at radius 1 is 0.895 bits per heavy atom. The molecule has 0 fully saturated rings. The molecule has 0 radical (unpaired) electrons. The number of ether oxygens (including phenoxy) is 1. The highest BCUT2D eigenvalue weighted by Crippen LogP contribution is 2.22. The zero-order valence-electron chi connectivity index (χ0n) is 19.5. The van der Waals surface area contributed by atoms with E-state index >= 15 is 0 Å². The van der Waals surface area contributed by atoms with Gasteiger partial charge < -0.3 is 4.74 Å². The molecule has 4 rings (SSSR count). The molecule has 38 heavy (non-hydrogen) atoms. The van der Waals surface area contributed by atoms with Crippen LogP contribution >= 0.6 is 27.5 Å². The van der Waals surface area contributed by atoms with Gasteiger partial charge >= 0.3 is 5.97 Å². The Balaban J connectivity index is 1.39. The molecule has 1 amide bonds. The molecule has 4 aromatic carbocycles. The zero-order valence-corrected chi connectivity index (χ0v) is 22.6. The van der Waals surface area contributed by atoms with E-state index < -0.39 is 21.9 Å². The Morgan fingerprint density at radius 3 is 2.32 bits per heavy atom. The third kappa shape index (κ3) is 7.06. The Morgan fingerprint density at radius 2 is 1.61 bits per heavy atom. The Hall–Kier alpha value is -3.99. The first-order valence-electron chi connectivity index (χ1n) is 11.0. The maximum absolute atomic E-state index is 12.7. The number of hydrogen-bond donors (Lipinski definition) is 2. The first-order chi connectivity index (χ1) is 18.2. The first kappa shape index (κ1) is 27.1. The number of halogens is 2. The van der Waals surface area contributed by atoms with Crippen molar-refractivity contribution in [1.82, 2.24) is 5.43 Å². The highest BCUT2D eigenvalue weighted by Gasteiger charge is 2.18. The molecule has 0 heterocycles. The van der Waals surface area contributed by atoms with Crippen LogP contribution in [0.2, 0.25) is 5.02 Å². The van der Waals surface area contributed by atoms with Gasteiger partial charge in [-0.15, -0.1) is 0 Å². The third-order valence-electron chi connectivity index (χ3n) is 5.07. The number of carbonyl (C=O) groups is 2. The van der Waals surface area contributed by atoms with Crippen LogP contribution in [0, 0.1) is 0 Å². The average molecular weight is 613 g/mol. The molecule has 0 unspecified atom stereocenters. The molecule has 8 nitrogen and oxygen atoms in total. The molecule has 0 aromatic heterocycles.